The van der Waals surface area contributed by atoms with Gasteiger partial charge >= 0.3 is 5.97 Å². The SMILES string of the molecule is CCOC(=O)c1ccc2c(Cl)n[nH]c(=O)c2c1. The van der Waals surface area contributed by atoms with Crippen molar-refractivity contribution in [1.82, 2.24) is 10.2 Å². The predicted molar refractivity (Wildman–Crippen MR) is 63.3 cm³/mol. The van der Waals surface area contributed by atoms with E-state index in [-0.39, 0.29) is 11.8 Å². The summed E-state index contributed by atoms with van der Waals surface area (Å²) < 4.78 is 4.85. The lowest BCUT2D eigenvalue weighted by Crippen LogP contribution is -2.10. The highest BCUT2D eigenvalue weighted by Gasteiger charge is 2.10. The molecular weight excluding hydrogens is 244 g/mol. The summed E-state index contributed by atoms with van der Waals surface area (Å²) in [5, 5.41) is 6.89. The van der Waals surface area contributed by atoms with Crippen LogP contribution < -0.4 is 5.56 Å². The number of nitrogens with zero attached hydrogens (tertiary/aromatic N) is 1. The first kappa shape index (κ1) is 11.6. The Balaban J connectivity index is 2.62. The van der Waals surface area contributed by atoms with E-state index < -0.39 is 11.5 Å². The minimum absolute atomic E-state index is 0.190. The third kappa shape index (κ3) is 2.14. The Morgan fingerprint density at radius 1 is 1.47 bits per heavy atom. The zero-order valence-corrected chi connectivity index (χ0v) is 9.75. The van der Waals surface area contributed by atoms with Gasteiger partial charge in [0.25, 0.3) is 5.56 Å². The number of fused-ring (bicyclic) bond motifs is 1. The standard InChI is InChI=1S/C11H9ClN2O3/c1-2-17-11(16)6-3-4-7-8(5-6)10(15)14-13-9(7)12/h3-5H,2H2,1H3,(H,14,15). The van der Waals surface area contributed by atoms with Crippen LogP contribution in [0.3, 0.4) is 0 Å². The van der Waals surface area contributed by atoms with Crippen LogP contribution in [0.5, 0.6) is 0 Å². The number of rotatable bonds is 2. The fourth-order valence-corrected chi connectivity index (χ4v) is 1.68. The molecule has 1 aromatic heterocycles. The van der Waals surface area contributed by atoms with Gasteiger partial charge in [0.1, 0.15) is 0 Å². The van der Waals surface area contributed by atoms with Gasteiger partial charge < -0.3 is 4.74 Å². The smallest absolute Gasteiger partial charge is 0.338 e. The highest BCUT2D eigenvalue weighted by atomic mass is 35.5. The molecule has 2 rings (SSSR count). The molecule has 0 aliphatic heterocycles. The van der Waals surface area contributed by atoms with Crippen LogP contribution in [0.15, 0.2) is 23.0 Å². The van der Waals surface area contributed by atoms with E-state index in [9.17, 15) is 9.59 Å². The zero-order valence-electron chi connectivity index (χ0n) is 8.99. The van der Waals surface area contributed by atoms with Crippen LogP contribution in [0.2, 0.25) is 5.15 Å². The normalized spacial score (nSPS) is 10.5. The van der Waals surface area contributed by atoms with Crippen molar-refractivity contribution in [2.24, 2.45) is 0 Å². The maximum Gasteiger partial charge on any atom is 0.338 e. The Kier molecular flexibility index (Phi) is 3.10. The topological polar surface area (TPSA) is 72.0 Å². The number of benzene rings is 1. The number of ether oxygens (including phenoxy) is 1. The van der Waals surface area contributed by atoms with Crippen molar-refractivity contribution >= 4 is 28.3 Å². The van der Waals surface area contributed by atoms with Crippen LogP contribution in [0.25, 0.3) is 10.8 Å². The Hall–Kier alpha value is -1.88. The summed E-state index contributed by atoms with van der Waals surface area (Å²) in [6.45, 7) is 2.00. The van der Waals surface area contributed by atoms with Gasteiger partial charge in [-0.2, -0.15) is 5.10 Å². The Morgan fingerprint density at radius 3 is 2.94 bits per heavy atom. The molecule has 0 spiro atoms. The molecule has 1 aromatic carbocycles. The fraction of sp³-hybridized carbons (Fsp3) is 0.182. The molecule has 0 fully saturated rings. The Bertz CT molecular complexity index is 636. The molecule has 2 aromatic rings. The predicted octanol–water partition coefficient (Wildman–Crippen LogP) is 1.75. The van der Waals surface area contributed by atoms with E-state index in [4.69, 9.17) is 16.3 Å². The summed E-state index contributed by atoms with van der Waals surface area (Å²) in [5.41, 5.74) is -0.0809. The molecule has 0 atom stereocenters. The molecule has 6 heteroatoms. The molecule has 0 radical (unpaired) electrons. The molecule has 0 amide bonds. The van der Waals surface area contributed by atoms with Crippen LogP contribution in [0, 0.1) is 0 Å². The number of hydrogen-bond donors (Lipinski definition) is 1. The third-order valence-corrected chi connectivity index (χ3v) is 2.54. The number of carbonyl (C=O) groups excluding carboxylic acids is 1. The zero-order chi connectivity index (χ0) is 12.4. The summed E-state index contributed by atoms with van der Waals surface area (Å²) in [4.78, 5) is 23.0. The number of nitrogens with one attached hydrogen (secondary N) is 1. The van der Waals surface area contributed by atoms with Crippen LogP contribution in [-0.2, 0) is 4.74 Å². The van der Waals surface area contributed by atoms with Crippen molar-refractivity contribution in [2.45, 2.75) is 6.92 Å². The molecule has 0 aliphatic rings. The van der Waals surface area contributed by atoms with Crippen molar-refractivity contribution in [2.75, 3.05) is 6.61 Å². The number of aromatic nitrogens is 2. The van der Waals surface area contributed by atoms with E-state index in [0.29, 0.717) is 16.3 Å². The van der Waals surface area contributed by atoms with E-state index >= 15 is 0 Å². The van der Waals surface area contributed by atoms with Crippen LogP contribution in [0.4, 0.5) is 0 Å². The monoisotopic (exact) mass is 252 g/mol. The van der Waals surface area contributed by atoms with E-state index in [1.54, 1.807) is 19.1 Å². The molecule has 0 unspecified atom stereocenters. The molecule has 17 heavy (non-hydrogen) atoms. The Morgan fingerprint density at radius 2 is 2.24 bits per heavy atom. The maximum atomic E-state index is 11.5. The van der Waals surface area contributed by atoms with Crippen LogP contribution >= 0.6 is 11.6 Å². The number of esters is 1. The fourth-order valence-electron chi connectivity index (χ4n) is 1.47. The summed E-state index contributed by atoms with van der Waals surface area (Å²) >= 11 is 5.82. The van der Waals surface area contributed by atoms with E-state index in [1.807, 2.05) is 0 Å². The van der Waals surface area contributed by atoms with Gasteiger partial charge in [-0.15, -0.1) is 0 Å². The van der Waals surface area contributed by atoms with E-state index in [2.05, 4.69) is 10.2 Å². The van der Waals surface area contributed by atoms with E-state index in [0.717, 1.165) is 0 Å². The lowest BCUT2D eigenvalue weighted by atomic mass is 10.1. The molecule has 5 nitrogen and oxygen atoms in total. The van der Waals surface area contributed by atoms with Gasteiger partial charge in [0.15, 0.2) is 5.15 Å². The number of hydrogen-bond acceptors (Lipinski definition) is 4. The Labute approximate surface area is 101 Å². The molecule has 0 saturated carbocycles. The third-order valence-electron chi connectivity index (χ3n) is 2.25. The average molecular weight is 253 g/mol. The van der Waals surface area contributed by atoms with Crippen molar-refractivity contribution in [3.05, 3.63) is 39.3 Å². The molecular formula is C11H9ClN2O3. The quantitative estimate of drug-likeness (QED) is 0.827. The van der Waals surface area contributed by atoms with Crippen LogP contribution in [-0.4, -0.2) is 22.8 Å². The summed E-state index contributed by atoms with van der Waals surface area (Å²) in [7, 11) is 0. The first-order valence-electron chi connectivity index (χ1n) is 4.98. The largest absolute Gasteiger partial charge is 0.462 e. The molecule has 0 bridgehead atoms. The van der Waals surface area contributed by atoms with Crippen molar-refractivity contribution in [1.29, 1.82) is 0 Å². The minimum Gasteiger partial charge on any atom is -0.462 e. The second kappa shape index (κ2) is 4.55. The van der Waals surface area contributed by atoms with Crippen molar-refractivity contribution in [3.63, 3.8) is 0 Å². The lowest BCUT2D eigenvalue weighted by Gasteiger charge is -2.03. The molecule has 1 N–H and O–H groups in total. The second-order valence-electron chi connectivity index (χ2n) is 3.32. The van der Waals surface area contributed by atoms with Gasteiger partial charge in [-0.3, -0.25) is 4.79 Å². The summed E-state index contributed by atoms with van der Waals surface area (Å²) in [6, 6.07) is 4.57. The lowest BCUT2D eigenvalue weighted by molar-refractivity contribution is 0.0526. The van der Waals surface area contributed by atoms with Gasteiger partial charge in [-0.05, 0) is 19.1 Å². The number of aromatic amines is 1. The van der Waals surface area contributed by atoms with Gasteiger partial charge in [0.2, 0.25) is 0 Å². The number of H-pyrrole nitrogens is 1. The first-order chi connectivity index (χ1) is 8.13. The number of halogens is 1. The molecule has 0 saturated heterocycles. The van der Waals surface area contributed by atoms with Gasteiger partial charge in [0, 0.05) is 5.39 Å². The van der Waals surface area contributed by atoms with E-state index in [1.165, 1.54) is 6.07 Å². The second-order valence-corrected chi connectivity index (χ2v) is 3.68. The van der Waals surface area contributed by atoms with Gasteiger partial charge in [0.05, 0.1) is 17.6 Å². The van der Waals surface area contributed by atoms with Gasteiger partial charge in [-0.1, -0.05) is 17.7 Å². The maximum absolute atomic E-state index is 11.5. The van der Waals surface area contributed by atoms with Crippen molar-refractivity contribution in [3.8, 4) is 0 Å². The molecule has 1 heterocycles. The highest BCUT2D eigenvalue weighted by molar-refractivity contribution is 6.34. The first-order valence-corrected chi connectivity index (χ1v) is 5.36. The van der Waals surface area contributed by atoms with Crippen LogP contribution in [0.1, 0.15) is 17.3 Å². The highest BCUT2D eigenvalue weighted by Crippen LogP contribution is 2.19. The minimum atomic E-state index is -0.471. The van der Waals surface area contributed by atoms with Crippen molar-refractivity contribution < 1.29 is 9.53 Å². The summed E-state index contributed by atoms with van der Waals surface area (Å²) in [5.74, 6) is -0.471. The molecule has 0 aliphatic carbocycles. The summed E-state index contributed by atoms with van der Waals surface area (Å²) in [6.07, 6.45) is 0. The number of carbonyl (C=O) groups is 1. The van der Waals surface area contributed by atoms with Gasteiger partial charge in [-0.25, -0.2) is 9.89 Å². The molecule has 88 valence electrons. The average Bonchev–Trinajstić information content (AvgIpc) is 2.34.